The first kappa shape index (κ1) is 16.3. The highest BCUT2D eigenvalue weighted by Gasteiger charge is 2.22. The standard InChI is InChI=1S/C19H21N3O2S/c23-17-7-4-12-22(17)14-10-8-13(9-11-14)18(24)21-19-20-15-5-2-1-3-6-16(15)25-19/h8-11H,1-7,12H2,(H,20,21,24). The van der Waals surface area contributed by atoms with E-state index in [4.69, 9.17) is 0 Å². The molecule has 0 radical (unpaired) electrons. The molecule has 1 saturated heterocycles. The van der Waals surface area contributed by atoms with E-state index in [0.29, 0.717) is 17.1 Å². The van der Waals surface area contributed by atoms with Crippen molar-refractivity contribution in [2.24, 2.45) is 0 Å². The summed E-state index contributed by atoms with van der Waals surface area (Å²) in [6.45, 7) is 0.759. The quantitative estimate of drug-likeness (QED) is 0.852. The summed E-state index contributed by atoms with van der Waals surface area (Å²) in [4.78, 5) is 32.0. The molecule has 2 aromatic rings. The molecule has 6 heteroatoms. The fourth-order valence-corrected chi connectivity index (χ4v) is 4.51. The second-order valence-corrected chi connectivity index (χ2v) is 7.68. The lowest BCUT2D eigenvalue weighted by atomic mass is 10.2. The average Bonchev–Trinajstić information content (AvgIpc) is 3.15. The molecule has 5 nitrogen and oxygen atoms in total. The minimum atomic E-state index is -0.150. The highest BCUT2D eigenvalue weighted by atomic mass is 32.1. The predicted octanol–water partition coefficient (Wildman–Crippen LogP) is 3.79. The number of aromatic nitrogens is 1. The van der Waals surface area contributed by atoms with Crippen LogP contribution in [-0.2, 0) is 17.6 Å². The number of hydrogen-bond donors (Lipinski definition) is 1. The highest BCUT2D eigenvalue weighted by molar-refractivity contribution is 7.15. The summed E-state index contributed by atoms with van der Waals surface area (Å²) in [5.74, 6) is 0.00435. The van der Waals surface area contributed by atoms with Crippen molar-refractivity contribution in [1.29, 1.82) is 0 Å². The molecule has 2 heterocycles. The van der Waals surface area contributed by atoms with Gasteiger partial charge in [-0.15, -0.1) is 11.3 Å². The smallest absolute Gasteiger partial charge is 0.257 e. The van der Waals surface area contributed by atoms with Gasteiger partial charge in [-0.2, -0.15) is 0 Å². The lowest BCUT2D eigenvalue weighted by molar-refractivity contribution is -0.117. The van der Waals surface area contributed by atoms with Crippen molar-refractivity contribution in [2.75, 3.05) is 16.8 Å². The zero-order chi connectivity index (χ0) is 17.2. The summed E-state index contributed by atoms with van der Waals surface area (Å²) in [7, 11) is 0. The average molecular weight is 355 g/mol. The van der Waals surface area contributed by atoms with Crippen molar-refractivity contribution in [1.82, 2.24) is 4.98 Å². The molecule has 2 aliphatic rings. The Bertz CT molecular complexity index is 774. The Morgan fingerprint density at radius 3 is 2.60 bits per heavy atom. The third-order valence-corrected chi connectivity index (χ3v) is 5.90. The van der Waals surface area contributed by atoms with E-state index in [1.165, 1.54) is 24.1 Å². The minimum absolute atomic E-state index is 0.150. The minimum Gasteiger partial charge on any atom is -0.312 e. The van der Waals surface area contributed by atoms with Crippen LogP contribution in [0.5, 0.6) is 0 Å². The van der Waals surface area contributed by atoms with Crippen LogP contribution in [0.3, 0.4) is 0 Å². The number of nitrogens with zero attached hydrogens (tertiary/aromatic N) is 2. The Labute approximate surface area is 151 Å². The molecule has 1 aliphatic carbocycles. The predicted molar refractivity (Wildman–Crippen MR) is 99.4 cm³/mol. The molecule has 0 bridgehead atoms. The van der Waals surface area contributed by atoms with Gasteiger partial charge in [-0.1, -0.05) is 6.42 Å². The molecule has 1 fully saturated rings. The Kier molecular flexibility index (Phi) is 4.53. The second kappa shape index (κ2) is 6.96. The number of fused-ring (bicyclic) bond motifs is 1. The Morgan fingerprint density at radius 2 is 1.84 bits per heavy atom. The fourth-order valence-electron chi connectivity index (χ4n) is 3.47. The number of amides is 2. The molecule has 0 unspecified atom stereocenters. The van der Waals surface area contributed by atoms with Gasteiger partial charge in [-0.3, -0.25) is 14.9 Å². The van der Waals surface area contributed by atoms with Crippen LogP contribution in [0.4, 0.5) is 10.8 Å². The first-order valence-corrected chi connectivity index (χ1v) is 9.73. The summed E-state index contributed by atoms with van der Waals surface area (Å²) in [5, 5.41) is 3.61. The molecule has 1 N–H and O–H groups in total. The molecule has 0 saturated carbocycles. The van der Waals surface area contributed by atoms with Crippen LogP contribution in [0, 0.1) is 0 Å². The third kappa shape index (κ3) is 3.44. The van der Waals surface area contributed by atoms with Gasteiger partial charge in [0.1, 0.15) is 0 Å². The monoisotopic (exact) mass is 355 g/mol. The van der Waals surface area contributed by atoms with Crippen molar-refractivity contribution in [3.05, 3.63) is 40.4 Å². The van der Waals surface area contributed by atoms with Gasteiger partial charge in [-0.05, 0) is 56.4 Å². The van der Waals surface area contributed by atoms with Gasteiger partial charge >= 0.3 is 0 Å². The zero-order valence-corrected chi connectivity index (χ0v) is 14.9. The highest BCUT2D eigenvalue weighted by Crippen LogP contribution is 2.29. The number of carbonyl (C=O) groups excluding carboxylic acids is 2. The largest absolute Gasteiger partial charge is 0.312 e. The van der Waals surface area contributed by atoms with Gasteiger partial charge in [0, 0.05) is 29.1 Å². The van der Waals surface area contributed by atoms with Gasteiger partial charge in [0.15, 0.2) is 5.13 Å². The van der Waals surface area contributed by atoms with E-state index in [9.17, 15) is 9.59 Å². The molecule has 1 aromatic carbocycles. The van der Waals surface area contributed by atoms with Gasteiger partial charge in [0.25, 0.3) is 5.91 Å². The maximum Gasteiger partial charge on any atom is 0.257 e. The molecule has 1 aromatic heterocycles. The summed E-state index contributed by atoms with van der Waals surface area (Å²) in [6, 6.07) is 7.23. The maximum absolute atomic E-state index is 12.5. The lowest BCUT2D eigenvalue weighted by Crippen LogP contribution is -2.23. The van der Waals surface area contributed by atoms with E-state index in [1.54, 1.807) is 28.4 Å². The molecular weight excluding hydrogens is 334 g/mol. The lowest BCUT2D eigenvalue weighted by Gasteiger charge is -2.15. The Balaban J connectivity index is 1.45. The van der Waals surface area contributed by atoms with E-state index in [1.807, 2.05) is 12.1 Å². The maximum atomic E-state index is 12.5. The first-order valence-electron chi connectivity index (χ1n) is 8.91. The van der Waals surface area contributed by atoms with Crippen LogP contribution in [0.2, 0.25) is 0 Å². The first-order chi connectivity index (χ1) is 12.2. The van der Waals surface area contributed by atoms with E-state index in [2.05, 4.69) is 10.3 Å². The molecule has 0 spiro atoms. The van der Waals surface area contributed by atoms with Crippen LogP contribution >= 0.6 is 11.3 Å². The Morgan fingerprint density at radius 1 is 1.04 bits per heavy atom. The molecule has 4 rings (SSSR count). The number of rotatable bonds is 3. The van der Waals surface area contributed by atoms with Crippen molar-refractivity contribution < 1.29 is 9.59 Å². The van der Waals surface area contributed by atoms with Crippen LogP contribution < -0.4 is 10.2 Å². The van der Waals surface area contributed by atoms with Crippen LogP contribution in [0.25, 0.3) is 0 Å². The normalized spacial score (nSPS) is 17.3. The second-order valence-electron chi connectivity index (χ2n) is 6.60. The van der Waals surface area contributed by atoms with Gasteiger partial charge in [0.05, 0.1) is 5.69 Å². The summed E-state index contributed by atoms with van der Waals surface area (Å²) >= 11 is 1.60. The number of anilines is 2. The van der Waals surface area contributed by atoms with E-state index in [0.717, 1.165) is 37.2 Å². The topological polar surface area (TPSA) is 62.3 Å². The summed E-state index contributed by atoms with van der Waals surface area (Å²) in [5.41, 5.74) is 2.60. The van der Waals surface area contributed by atoms with Crippen LogP contribution in [0.1, 0.15) is 53.0 Å². The van der Waals surface area contributed by atoms with Crippen molar-refractivity contribution >= 4 is 34.0 Å². The van der Waals surface area contributed by atoms with Crippen LogP contribution in [0.15, 0.2) is 24.3 Å². The number of benzene rings is 1. The molecule has 130 valence electrons. The number of hydrogen-bond acceptors (Lipinski definition) is 4. The summed E-state index contributed by atoms with van der Waals surface area (Å²) in [6.07, 6.45) is 7.24. The zero-order valence-electron chi connectivity index (χ0n) is 14.1. The number of nitrogens with one attached hydrogen (secondary N) is 1. The van der Waals surface area contributed by atoms with Crippen molar-refractivity contribution in [2.45, 2.75) is 44.9 Å². The number of carbonyl (C=O) groups is 2. The summed E-state index contributed by atoms with van der Waals surface area (Å²) < 4.78 is 0. The molecular formula is C19H21N3O2S. The molecule has 25 heavy (non-hydrogen) atoms. The van der Waals surface area contributed by atoms with Gasteiger partial charge in [0.2, 0.25) is 5.91 Å². The van der Waals surface area contributed by atoms with Crippen molar-refractivity contribution in [3.63, 3.8) is 0 Å². The number of aryl methyl sites for hydroxylation is 2. The van der Waals surface area contributed by atoms with E-state index >= 15 is 0 Å². The van der Waals surface area contributed by atoms with Crippen LogP contribution in [-0.4, -0.2) is 23.3 Å². The van der Waals surface area contributed by atoms with E-state index in [-0.39, 0.29) is 11.8 Å². The SMILES string of the molecule is O=C(Nc1nc2c(s1)CCCCC2)c1ccc(N2CCCC2=O)cc1. The molecule has 0 atom stereocenters. The van der Waals surface area contributed by atoms with Crippen molar-refractivity contribution in [3.8, 4) is 0 Å². The molecule has 2 amide bonds. The molecule has 1 aliphatic heterocycles. The van der Waals surface area contributed by atoms with Gasteiger partial charge in [-0.25, -0.2) is 4.98 Å². The third-order valence-electron chi connectivity index (χ3n) is 4.83. The van der Waals surface area contributed by atoms with Gasteiger partial charge < -0.3 is 4.90 Å². The number of thiazole rings is 1. The fraction of sp³-hybridized carbons (Fsp3) is 0.421. The Hall–Kier alpha value is -2.21. The van der Waals surface area contributed by atoms with E-state index < -0.39 is 0 Å².